The number of carbonyl (C=O) groups excluding carboxylic acids is 1. The fraction of sp³-hybridized carbons (Fsp3) is 0.529. The minimum Gasteiger partial charge on any atom is -0.480 e. The standard InChI is InChI=1S/C17H22N4O4/c1-10-6-15-20(8-16(23)24)14(9-22)13(17(25)21(15)18-10)7-19(3)11(2)12-4-5-12/h6,9,11-12H,4-5,7-8H2,1-3H3,(H,23,24). The lowest BCUT2D eigenvalue weighted by Gasteiger charge is -2.25. The van der Waals surface area contributed by atoms with Gasteiger partial charge in [0.25, 0.3) is 5.56 Å². The van der Waals surface area contributed by atoms with Crippen molar-refractivity contribution >= 4 is 17.9 Å². The zero-order valence-electron chi connectivity index (χ0n) is 14.6. The first-order chi connectivity index (χ1) is 11.8. The molecule has 1 N–H and O–H groups in total. The van der Waals surface area contributed by atoms with Gasteiger partial charge < -0.3 is 9.67 Å². The summed E-state index contributed by atoms with van der Waals surface area (Å²) in [7, 11) is 1.91. The van der Waals surface area contributed by atoms with Crippen LogP contribution in [0, 0.1) is 12.8 Å². The van der Waals surface area contributed by atoms with Crippen molar-refractivity contribution in [3.63, 3.8) is 0 Å². The molecule has 0 aliphatic heterocycles. The zero-order chi connectivity index (χ0) is 18.3. The Bertz CT molecular complexity index is 894. The maximum absolute atomic E-state index is 12.9. The van der Waals surface area contributed by atoms with Crippen LogP contribution in [0.5, 0.6) is 0 Å². The van der Waals surface area contributed by atoms with Gasteiger partial charge in [-0.25, -0.2) is 0 Å². The second-order valence-electron chi connectivity index (χ2n) is 6.82. The van der Waals surface area contributed by atoms with Crippen LogP contribution in [0.4, 0.5) is 0 Å². The molecule has 1 saturated carbocycles. The molecule has 134 valence electrons. The van der Waals surface area contributed by atoms with E-state index in [1.807, 2.05) is 11.9 Å². The van der Waals surface area contributed by atoms with E-state index in [2.05, 4.69) is 12.0 Å². The summed E-state index contributed by atoms with van der Waals surface area (Å²) in [6.45, 7) is 3.70. The number of fused-ring (bicyclic) bond motifs is 1. The van der Waals surface area contributed by atoms with Gasteiger partial charge in [0.1, 0.15) is 12.2 Å². The Labute approximate surface area is 144 Å². The summed E-state index contributed by atoms with van der Waals surface area (Å²) in [6, 6.07) is 1.90. The monoisotopic (exact) mass is 346 g/mol. The van der Waals surface area contributed by atoms with E-state index in [4.69, 9.17) is 0 Å². The summed E-state index contributed by atoms with van der Waals surface area (Å²) in [5.74, 6) is -0.472. The average Bonchev–Trinajstić information content (AvgIpc) is 3.32. The van der Waals surface area contributed by atoms with Crippen molar-refractivity contribution in [3.05, 3.63) is 33.4 Å². The Balaban J connectivity index is 2.15. The van der Waals surface area contributed by atoms with E-state index in [9.17, 15) is 19.5 Å². The summed E-state index contributed by atoms with van der Waals surface area (Å²) in [5, 5.41) is 13.4. The van der Waals surface area contributed by atoms with E-state index in [-0.39, 0.29) is 23.4 Å². The van der Waals surface area contributed by atoms with E-state index in [0.717, 1.165) is 0 Å². The number of aryl methyl sites for hydroxylation is 1. The number of aldehydes is 1. The quantitative estimate of drug-likeness (QED) is 0.749. The van der Waals surface area contributed by atoms with Gasteiger partial charge in [-0.1, -0.05) is 0 Å². The molecule has 1 aliphatic rings. The molecule has 2 aromatic rings. The summed E-state index contributed by atoms with van der Waals surface area (Å²) in [5.41, 5.74) is 0.914. The Hall–Kier alpha value is -2.48. The molecule has 1 unspecified atom stereocenters. The topological polar surface area (TPSA) is 96.9 Å². The second kappa shape index (κ2) is 6.44. The molecule has 2 aromatic heterocycles. The number of carboxylic acid groups (broad SMARTS) is 1. The van der Waals surface area contributed by atoms with Crippen molar-refractivity contribution in [3.8, 4) is 0 Å². The minimum atomic E-state index is -1.09. The highest BCUT2D eigenvalue weighted by molar-refractivity contribution is 5.78. The van der Waals surface area contributed by atoms with Crippen LogP contribution in [0.3, 0.4) is 0 Å². The van der Waals surface area contributed by atoms with Crippen LogP contribution in [0.15, 0.2) is 10.9 Å². The molecule has 25 heavy (non-hydrogen) atoms. The average molecular weight is 346 g/mol. The van der Waals surface area contributed by atoms with Gasteiger partial charge in [0.2, 0.25) is 0 Å². The van der Waals surface area contributed by atoms with Crippen LogP contribution < -0.4 is 5.56 Å². The lowest BCUT2D eigenvalue weighted by atomic mass is 10.1. The highest BCUT2D eigenvalue weighted by Crippen LogP contribution is 2.35. The van der Waals surface area contributed by atoms with E-state index in [1.54, 1.807) is 13.0 Å². The summed E-state index contributed by atoms with van der Waals surface area (Å²) in [6.07, 6.45) is 2.91. The van der Waals surface area contributed by atoms with Gasteiger partial charge in [-0.3, -0.25) is 19.3 Å². The number of rotatable bonds is 7. The molecular weight excluding hydrogens is 324 g/mol. The Morgan fingerprint density at radius 1 is 1.52 bits per heavy atom. The third-order valence-corrected chi connectivity index (χ3v) is 4.95. The van der Waals surface area contributed by atoms with Crippen LogP contribution in [-0.4, -0.2) is 49.5 Å². The number of aromatic nitrogens is 3. The molecule has 2 heterocycles. The third-order valence-electron chi connectivity index (χ3n) is 4.95. The van der Waals surface area contributed by atoms with E-state index < -0.39 is 12.5 Å². The molecule has 8 nitrogen and oxygen atoms in total. The van der Waals surface area contributed by atoms with Gasteiger partial charge in [0, 0.05) is 18.7 Å². The highest BCUT2D eigenvalue weighted by Gasteiger charge is 2.31. The van der Waals surface area contributed by atoms with Crippen LogP contribution in [0.1, 0.15) is 41.5 Å². The summed E-state index contributed by atoms with van der Waals surface area (Å²) < 4.78 is 2.54. The number of carbonyl (C=O) groups is 2. The fourth-order valence-electron chi connectivity index (χ4n) is 3.27. The highest BCUT2D eigenvalue weighted by atomic mass is 16.4. The van der Waals surface area contributed by atoms with Gasteiger partial charge >= 0.3 is 5.97 Å². The molecule has 0 amide bonds. The fourth-order valence-corrected chi connectivity index (χ4v) is 3.27. The van der Waals surface area contributed by atoms with Crippen LogP contribution >= 0.6 is 0 Å². The molecule has 0 spiro atoms. The molecule has 1 aliphatic carbocycles. The van der Waals surface area contributed by atoms with Gasteiger partial charge in [-0.05, 0) is 39.7 Å². The molecule has 0 bridgehead atoms. The maximum Gasteiger partial charge on any atom is 0.323 e. The van der Waals surface area contributed by atoms with Crippen molar-refractivity contribution in [1.29, 1.82) is 0 Å². The van der Waals surface area contributed by atoms with Crippen LogP contribution in [0.25, 0.3) is 5.65 Å². The largest absolute Gasteiger partial charge is 0.480 e. The minimum absolute atomic E-state index is 0.106. The molecule has 0 radical (unpaired) electrons. The van der Waals surface area contributed by atoms with Crippen molar-refractivity contribution < 1.29 is 14.7 Å². The molecule has 1 atom stereocenters. The van der Waals surface area contributed by atoms with Gasteiger partial charge in [-0.2, -0.15) is 9.61 Å². The predicted octanol–water partition coefficient (Wildman–Crippen LogP) is 0.932. The Morgan fingerprint density at radius 2 is 2.20 bits per heavy atom. The van der Waals surface area contributed by atoms with Gasteiger partial charge in [0.15, 0.2) is 6.29 Å². The third kappa shape index (κ3) is 3.21. The number of hydrogen-bond donors (Lipinski definition) is 1. The van der Waals surface area contributed by atoms with E-state index in [1.165, 1.54) is 21.9 Å². The molecular formula is C17H22N4O4. The molecule has 0 saturated heterocycles. The predicted molar refractivity (Wildman–Crippen MR) is 90.9 cm³/mol. The normalized spacial score (nSPS) is 15.7. The first-order valence-electron chi connectivity index (χ1n) is 8.32. The smallest absolute Gasteiger partial charge is 0.323 e. The van der Waals surface area contributed by atoms with Crippen LogP contribution in [0.2, 0.25) is 0 Å². The summed E-state index contributed by atoms with van der Waals surface area (Å²) in [4.78, 5) is 37.9. The van der Waals surface area contributed by atoms with Crippen molar-refractivity contribution in [2.24, 2.45) is 5.92 Å². The first kappa shape index (κ1) is 17.3. The van der Waals surface area contributed by atoms with Crippen LogP contribution in [-0.2, 0) is 17.9 Å². The van der Waals surface area contributed by atoms with E-state index in [0.29, 0.717) is 29.6 Å². The number of hydrogen-bond acceptors (Lipinski definition) is 5. The Morgan fingerprint density at radius 3 is 2.76 bits per heavy atom. The van der Waals surface area contributed by atoms with E-state index >= 15 is 0 Å². The number of carboxylic acids is 1. The van der Waals surface area contributed by atoms with Crippen molar-refractivity contribution in [2.75, 3.05) is 7.05 Å². The summed E-state index contributed by atoms with van der Waals surface area (Å²) >= 11 is 0. The van der Waals surface area contributed by atoms with Gasteiger partial charge in [0.05, 0.1) is 17.0 Å². The lowest BCUT2D eigenvalue weighted by molar-refractivity contribution is -0.137. The van der Waals surface area contributed by atoms with Gasteiger partial charge in [-0.15, -0.1) is 0 Å². The first-order valence-corrected chi connectivity index (χ1v) is 8.32. The number of nitrogens with zero attached hydrogens (tertiary/aromatic N) is 4. The number of aliphatic carboxylic acids is 1. The molecule has 1 fully saturated rings. The molecule has 3 rings (SSSR count). The molecule has 8 heteroatoms. The lowest BCUT2D eigenvalue weighted by Crippen LogP contribution is -2.36. The van der Waals surface area contributed by atoms with Crippen molar-refractivity contribution in [2.45, 2.75) is 45.8 Å². The molecule has 0 aromatic carbocycles. The zero-order valence-corrected chi connectivity index (χ0v) is 14.6. The Kier molecular flexibility index (Phi) is 4.47. The maximum atomic E-state index is 12.9. The van der Waals surface area contributed by atoms with Crippen molar-refractivity contribution in [1.82, 2.24) is 19.1 Å². The SMILES string of the molecule is Cc1cc2n(CC(=O)O)c(C=O)c(CN(C)C(C)C3CC3)c(=O)n2n1. The second-order valence-corrected chi connectivity index (χ2v) is 6.82.